The second-order valence-electron chi connectivity index (χ2n) is 3.92. The van der Waals surface area contributed by atoms with Crippen LogP contribution in [0.5, 0.6) is 5.75 Å². The van der Waals surface area contributed by atoms with Crippen LogP contribution in [0.25, 0.3) is 11.6 Å². The van der Waals surface area contributed by atoms with Crippen LogP contribution in [0.3, 0.4) is 0 Å². The number of hydrogen-bond acceptors (Lipinski definition) is 2. The van der Waals surface area contributed by atoms with Gasteiger partial charge in [0.15, 0.2) is 0 Å². The Bertz CT molecular complexity index is 639. The minimum Gasteiger partial charge on any atom is -0.497 e. The zero-order valence-corrected chi connectivity index (χ0v) is 10.4. The molecule has 0 amide bonds. The first-order valence-corrected chi connectivity index (χ1v) is 5.75. The molecule has 0 fully saturated rings. The summed E-state index contributed by atoms with van der Waals surface area (Å²) >= 11 is 0. The van der Waals surface area contributed by atoms with Gasteiger partial charge in [-0.3, -0.25) is 0 Å². The van der Waals surface area contributed by atoms with E-state index in [1.807, 2.05) is 18.2 Å². The third-order valence-electron chi connectivity index (χ3n) is 2.71. The first-order chi connectivity index (χ1) is 9.24. The molecule has 2 rings (SSSR count). The highest BCUT2D eigenvalue weighted by atomic mass is 19.1. The monoisotopic (exact) mass is 253 g/mol. The van der Waals surface area contributed by atoms with Crippen molar-refractivity contribution in [3.05, 3.63) is 65.5 Å². The standard InChI is InChI=1S/C16H12FNO/c1-19-14-8-6-12(7-9-14)10-13(11-18)15-4-2-3-5-16(15)17/h2-10H,1H3/b13-10-. The highest BCUT2D eigenvalue weighted by molar-refractivity contribution is 5.89. The number of halogens is 1. The van der Waals surface area contributed by atoms with Crippen molar-refractivity contribution in [3.63, 3.8) is 0 Å². The van der Waals surface area contributed by atoms with Crippen LogP contribution < -0.4 is 4.74 Å². The Balaban J connectivity index is 2.39. The van der Waals surface area contributed by atoms with Gasteiger partial charge in [0.2, 0.25) is 0 Å². The molecule has 19 heavy (non-hydrogen) atoms. The molecule has 3 heteroatoms. The minimum absolute atomic E-state index is 0.295. The predicted molar refractivity (Wildman–Crippen MR) is 72.9 cm³/mol. The maximum absolute atomic E-state index is 13.6. The molecule has 0 aromatic heterocycles. The summed E-state index contributed by atoms with van der Waals surface area (Å²) in [5.41, 5.74) is 1.42. The number of allylic oxidation sites excluding steroid dienone is 1. The quantitative estimate of drug-likeness (QED) is 0.614. The molecule has 0 N–H and O–H groups in total. The van der Waals surface area contributed by atoms with E-state index in [2.05, 4.69) is 0 Å². The van der Waals surface area contributed by atoms with Crippen LogP contribution in [-0.2, 0) is 0 Å². The normalized spacial score (nSPS) is 10.9. The summed E-state index contributed by atoms with van der Waals surface area (Å²) < 4.78 is 18.7. The van der Waals surface area contributed by atoms with E-state index in [0.717, 1.165) is 11.3 Å². The number of hydrogen-bond donors (Lipinski definition) is 0. The third kappa shape index (κ3) is 2.99. The number of ether oxygens (including phenoxy) is 1. The molecule has 0 atom stereocenters. The number of rotatable bonds is 3. The van der Waals surface area contributed by atoms with Crippen molar-refractivity contribution in [1.29, 1.82) is 5.26 Å². The second-order valence-corrected chi connectivity index (χ2v) is 3.92. The maximum Gasteiger partial charge on any atom is 0.131 e. The average molecular weight is 253 g/mol. The highest BCUT2D eigenvalue weighted by Gasteiger charge is 2.06. The topological polar surface area (TPSA) is 33.0 Å². The van der Waals surface area contributed by atoms with Gasteiger partial charge >= 0.3 is 0 Å². The second kappa shape index (κ2) is 5.83. The van der Waals surface area contributed by atoms with E-state index in [9.17, 15) is 4.39 Å². The fourth-order valence-electron chi connectivity index (χ4n) is 1.72. The molecule has 0 radical (unpaired) electrons. The van der Waals surface area contributed by atoms with Gasteiger partial charge in [-0.25, -0.2) is 4.39 Å². The highest BCUT2D eigenvalue weighted by Crippen LogP contribution is 2.21. The van der Waals surface area contributed by atoms with Gasteiger partial charge in [-0.1, -0.05) is 30.3 Å². The van der Waals surface area contributed by atoms with Crippen LogP contribution in [0.2, 0.25) is 0 Å². The molecule has 0 aliphatic heterocycles. The van der Waals surface area contributed by atoms with Crippen LogP contribution in [0, 0.1) is 17.1 Å². The summed E-state index contributed by atoms with van der Waals surface area (Å²) in [7, 11) is 1.59. The molecule has 0 heterocycles. The van der Waals surface area contributed by atoms with Gasteiger partial charge < -0.3 is 4.74 Å². The van der Waals surface area contributed by atoms with E-state index < -0.39 is 5.82 Å². The summed E-state index contributed by atoms with van der Waals surface area (Å²) in [6.45, 7) is 0. The van der Waals surface area contributed by atoms with Crippen molar-refractivity contribution in [2.24, 2.45) is 0 Å². The van der Waals surface area contributed by atoms with E-state index in [1.54, 1.807) is 43.5 Å². The molecule has 0 saturated heterocycles. The third-order valence-corrected chi connectivity index (χ3v) is 2.71. The van der Waals surface area contributed by atoms with Gasteiger partial charge in [0.25, 0.3) is 0 Å². The van der Waals surface area contributed by atoms with Gasteiger partial charge in [-0.2, -0.15) is 5.26 Å². The van der Waals surface area contributed by atoms with Gasteiger partial charge in [-0.15, -0.1) is 0 Å². The first-order valence-electron chi connectivity index (χ1n) is 5.75. The van der Waals surface area contributed by atoms with E-state index >= 15 is 0 Å². The lowest BCUT2D eigenvalue weighted by Gasteiger charge is -2.02. The number of nitrogens with zero attached hydrogens (tertiary/aromatic N) is 1. The van der Waals surface area contributed by atoms with Gasteiger partial charge in [-0.05, 0) is 29.8 Å². The van der Waals surface area contributed by atoms with Crippen LogP contribution in [0.4, 0.5) is 4.39 Å². The van der Waals surface area contributed by atoms with E-state index in [4.69, 9.17) is 10.00 Å². The van der Waals surface area contributed by atoms with Crippen molar-refractivity contribution < 1.29 is 9.13 Å². The molecule has 2 aromatic rings. The molecule has 0 aliphatic carbocycles. The molecule has 0 unspecified atom stereocenters. The Hall–Kier alpha value is -2.60. The smallest absolute Gasteiger partial charge is 0.131 e. The van der Waals surface area contributed by atoms with Gasteiger partial charge in [0, 0.05) is 5.56 Å². The van der Waals surface area contributed by atoms with Crippen LogP contribution in [0.15, 0.2) is 48.5 Å². The van der Waals surface area contributed by atoms with Gasteiger partial charge in [0.05, 0.1) is 18.8 Å². The molecule has 2 nitrogen and oxygen atoms in total. The summed E-state index contributed by atoms with van der Waals surface area (Å²) in [6.07, 6.45) is 1.65. The Morgan fingerprint density at radius 3 is 2.42 bits per heavy atom. The van der Waals surface area contributed by atoms with Crippen molar-refractivity contribution in [2.75, 3.05) is 7.11 Å². The summed E-state index contributed by atoms with van der Waals surface area (Å²) in [4.78, 5) is 0. The fraction of sp³-hybridized carbons (Fsp3) is 0.0625. The largest absolute Gasteiger partial charge is 0.497 e. The molecule has 0 spiro atoms. The Morgan fingerprint density at radius 1 is 1.16 bits per heavy atom. The zero-order chi connectivity index (χ0) is 13.7. The number of nitriles is 1. The van der Waals surface area contributed by atoms with E-state index in [0.29, 0.717) is 11.1 Å². The lowest BCUT2D eigenvalue weighted by Crippen LogP contribution is -1.87. The van der Waals surface area contributed by atoms with Crippen LogP contribution >= 0.6 is 0 Å². The van der Waals surface area contributed by atoms with Crippen molar-refractivity contribution in [1.82, 2.24) is 0 Å². The molecule has 0 aliphatic rings. The summed E-state index contributed by atoms with van der Waals surface area (Å²) in [5, 5.41) is 9.16. The first kappa shape index (κ1) is 12.8. The van der Waals surface area contributed by atoms with Crippen LogP contribution in [-0.4, -0.2) is 7.11 Å². The predicted octanol–water partition coefficient (Wildman–Crippen LogP) is 3.90. The maximum atomic E-state index is 13.6. The Kier molecular flexibility index (Phi) is 3.94. The van der Waals surface area contributed by atoms with Crippen molar-refractivity contribution >= 4 is 11.6 Å². The molecule has 2 aromatic carbocycles. The van der Waals surface area contributed by atoms with Gasteiger partial charge in [0.1, 0.15) is 11.6 Å². The summed E-state index contributed by atoms with van der Waals surface area (Å²) in [5.74, 6) is 0.338. The number of methoxy groups -OCH3 is 1. The molecule has 0 saturated carbocycles. The molecular formula is C16H12FNO. The summed E-state index contributed by atoms with van der Waals surface area (Å²) in [6, 6.07) is 15.5. The Labute approximate surface area is 111 Å². The fourth-order valence-corrected chi connectivity index (χ4v) is 1.72. The molecule has 94 valence electrons. The Morgan fingerprint density at radius 2 is 1.84 bits per heavy atom. The minimum atomic E-state index is -0.399. The average Bonchev–Trinajstić information content (AvgIpc) is 2.46. The van der Waals surface area contributed by atoms with Crippen LogP contribution in [0.1, 0.15) is 11.1 Å². The molecule has 0 bridgehead atoms. The molecular weight excluding hydrogens is 241 g/mol. The van der Waals surface area contributed by atoms with E-state index in [1.165, 1.54) is 6.07 Å². The SMILES string of the molecule is COc1ccc(/C=C(/C#N)c2ccccc2F)cc1. The van der Waals surface area contributed by atoms with E-state index in [-0.39, 0.29) is 0 Å². The van der Waals surface area contributed by atoms with Crippen molar-refractivity contribution in [2.45, 2.75) is 0 Å². The number of benzene rings is 2. The zero-order valence-electron chi connectivity index (χ0n) is 10.4. The lowest BCUT2D eigenvalue weighted by molar-refractivity contribution is 0.415. The van der Waals surface area contributed by atoms with Crippen molar-refractivity contribution in [3.8, 4) is 11.8 Å². The lowest BCUT2D eigenvalue weighted by atomic mass is 10.0.